The van der Waals surface area contributed by atoms with E-state index in [1.165, 1.54) is 10.1 Å². The van der Waals surface area contributed by atoms with E-state index in [9.17, 15) is 4.79 Å². The Kier molecular flexibility index (Phi) is 3.87. The van der Waals surface area contributed by atoms with E-state index in [4.69, 9.17) is 4.74 Å². The van der Waals surface area contributed by atoms with Gasteiger partial charge in [-0.2, -0.15) is 0 Å². The lowest BCUT2D eigenvalue weighted by Gasteiger charge is -2.32. The maximum absolute atomic E-state index is 11.8. The number of hydrogen-bond acceptors (Lipinski definition) is 5. The summed E-state index contributed by atoms with van der Waals surface area (Å²) in [6, 6.07) is 4.18. The van der Waals surface area contributed by atoms with Crippen LogP contribution < -0.4 is 4.90 Å². The summed E-state index contributed by atoms with van der Waals surface area (Å²) >= 11 is 1.74. The van der Waals surface area contributed by atoms with Crippen LogP contribution in [0.5, 0.6) is 0 Å². The third-order valence-corrected chi connectivity index (χ3v) is 4.66. The molecule has 0 amide bonds. The second-order valence-corrected chi connectivity index (χ2v) is 5.93. The van der Waals surface area contributed by atoms with E-state index in [0.717, 1.165) is 31.7 Å². The summed E-state index contributed by atoms with van der Waals surface area (Å²) in [5.74, 6) is 1.05. The summed E-state index contributed by atoms with van der Waals surface area (Å²) < 4.78 is 6.37. The van der Waals surface area contributed by atoms with Gasteiger partial charge in [0.05, 0.1) is 12.5 Å². The minimum atomic E-state index is -0.0474. The summed E-state index contributed by atoms with van der Waals surface area (Å²) in [5.41, 5.74) is 0. The van der Waals surface area contributed by atoms with Gasteiger partial charge < -0.3 is 9.64 Å². The number of piperidine rings is 1. The molecule has 0 atom stereocenters. The second-order valence-electron chi connectivity index (χ2n) is 4.98. The molecule has 106 valence electrons. The van der Waals surface area contributed by atoms with Gasteiger partial charge in [-0.15, -0.1) is 11.3 Å². The van der Waals surface area contributed by atoms with Gasteiger partial charge in [-0.3, -0.25) is 4.79 Å². The minimum Gasteiger partial charge on any atom is -0.466 e. The van der Waals surface area contributed by atoms with Crippen molar-refractivity contribution >= 4 is 33.2 Å². The highest BCUT2D eigenvalue weighted by atomic mass is 32.1. The molecule has 4 nitrogen and oxygen atoms in total. The number of carbonyl (C=O) groups excluding carboxylic acids is 1. The van der Waals surface area contributed by atoms with Gasteiger partial charge in [0.2, 0.25) is 0 Å². The molecule has 0 radical (unpaired) electrons. The summed E-state index contributed by atoms with van der Waals surface area (Å²) in [6.45, 7) is 4.06. The van der Waals surface area contributed by atoms with E-state index in [-0.39, 0.29) is 11.9 Å². The highest BCUT2D eigenvalue weighted by molar-refractivity contribution is 7.17. The first-order valence-electron chi connectivity index (χ1n) is 7.03. The Morgan fingerprint density at radius 1 is 1.45 bits per heavy atom. The molecule has 3 heterocycles. The van der Waals surface area contributed by atoms with Crippen LogP contribution in [0.3, 0.4) is 0 Å². The van der Waals surface area contributed by atoms with Crippen molar-refractivity contribution in [3.63, 3.8) is 0 Å². The highest BCUT2D eigenvalue weighted by Crippen LogP contribution is 2.31. The van der Waals surface area contributed by atoms with Gasteiger partial charge in [-0.05, 0) is 37.3 Å². The molecule has 0 unspecified atom stereocenters. The number of hydrogen-bond donors (Lipinski definition) is 0. The van der Waals surface area contributed by atoms with Crippen molar-refractivity contribution in [3.8, 4) is 0 Å². The molecule has 0 saturated carbocycles. The first-order valence-corrected chi connectivity index (χ1v) is 7.91. The van der Waals surface area contributed by atoms with Crippen LogP contribution in [0.25, 0.3) is 10.1 Å². The summed E-state index contributed by atoms with van der Waals surface area (Å²) in [5, 5.41) is 3.31. The Morgan fingerprint density at radius 3 is 3.00 bits per heavy atom. The first kappa shape index (κ1) is 13.4. The molecule has 2 aromatic heterocycles. The van der Waals surface area contributed by atoms with E-state index in [1.54, 1.807) is 11.3 Å². The van der Waals surface area contributed by atoms with Crippen LogP contribution in [0.15, 0.2) is 23.7 Å². The number of esters is 1. The predicted octanol–water partition coefficient (Wildman–Crippen LogP) is 3.08. The molecular weight excluding hydrogens is 272 g/mol. The zero-order valence-electron chi connectivity index (χ0n) is 11.5. The molecule has 1 aliphatic rings. The zero-order chi connectivity index (χ0) is 13.9. The smallest absolute Gasteiger partial charge is 0.309 e. The lowest BCUT2D eigenvalue weighted by atomic mass is 9.97. The normalized spacial score (nSPS) is 16.6. The number of carbonyl (C=O) groups is 1. The van der Waals surface area contributed by atoms with Crippen molar-refractivity contribution in [3.05, 3.63) is 23.7 Å². The van der Waals surface area contributed by atoms with Crippen LogP contribution in [0.2, 0.25) is 0 Å². The average molecular weight is 290 g/mol. The number of pyridine rings is 1. The van der Waals surface area contributed by atoms with Gasteiger partial charge in [0.1, 0.15) is 5.82 Å². The van der Waals surface area contributed by atoms with Crippen LogP contribution in [-0.4, -0.2) is 30.6 Å². The van der Waals surface area contributed by atoms with Crippen LogP contribution >= 0.6 is 11.3 Å². The molecule has 1 fully saturated rings. The first-order chi connectivity index (χ1) is 9.79. The standard InChI is InChI=1S/C15H18N2O2S/c1-2-19-15(18)11-4-8-17(9-5-11)14-12-6-10-20-13(12)3-7-16-14/h3,6-7,10-11H,2,4-5,8-9H2,1H3. The Hall–Kier alpha value is -1.62. The van der Waals surface area contributed by atoms with E-state index in [2.05, 4.69) is 27.4 Å². The van der Waals surface area contributed by atoms with Gasteiger partial charge in [-0.1, -0.05) is 0 Å². The maximum atomic E-state index is 11.8. The molecule has 3 rings (SSSR count). The average Bonchev–Trinajstić information content (AvgIpc) is 2.96. The minimum absolute atomic E-state index is 0.0474. The topological polar surface area (TPSA) is 42.4 Å². The number of rotatable bonds is 3. The van der Waals surface area contributed by atoms with Gasteiger partial charge in [-0.25, -0.2) is 4.98 Å². The molecule has 0 aliphatic carbocycles. The van der Waals surface area contributed by atoms with Crippen molar-refractivity contribution in [2.24, 2.45) is 5.92 Å². The fourth-order valence-corrected chi connectivity index (χ4v) is 3.50. The molecule has 20 heavy (non-hydrogen) atoms. The third kappa shape index (κ3) is 2.50. The van der Waals surface area contributed by atoms with Crippen LogP contribution in [0.1, 0.15) is 19.8 Å². The Balaban J connectivity index is 1.72. The molecule has 0 aromatic carbocycles. The molecule has 1 saturated heterocycles. The Labute approximate surface area is 122 Å². The summed E-state index contributed by atoms with van der Waals surface area (Å²) in [6.07, 6.45) is 3.56. The lowest BCUT2D eigenvalue weighted by Crippen LogP contribution is -2.37. The number of ether oxygens (including phenoxy) is 1. The SMILES string of the molecule is CCOC(=O)C1CCN(c2nccc3sccc23)CC1. The summed E-state index contributed by atoms with van der Waals surface area (Å²) in [4.78, 5) is 18.6. The quantitative estimate of drug-likeness (QED) is 0.815. The third-order valence-electron chi connectivity index (χ3n) is 3.77. The number of anilines is 1. The fourth-order valence-electron chi connectivity index (χ4n) is 2.72. The number of aromatic nitrogens is 1. The van der Waals surface area contributed by atoms with Crippen LogP contribution in [0, 0.1) is 5.92 Å². The molecule has 0 N–H and O–H groups in total. The van der Waals surface area contributed by atoms with Gasteiger partial charge in [0.15, 0.2) is 0 Å². The molecule has 0 bridgehead atoms. The van der Waals surface area contributed by atoms with E-state index >= 15 is 0 Å². The number of thiophene rings is 1. The van der Waals surface area contributed by atoms with Gasteiger partial charge in [0.25, 0.3) is 0 Å². The molecule has 0 spiro atoms. The van der Waals surface area contributed by atoms with E-state index < -0.39 is 0 Å². The number of fused-ring (bicyclic) bond motifs is 1. The van der Waals surface area contributed by atoms with Crippen molar-refractivity contribution in [2.75, 3.05) is 24.6 Å². The van der Waals surface area contributed by atoms with Crippen LogP contribution in [0.4, 0.5) is 5.82 Å². The molecule has 2 aromatic rings. The highest BCUT2D eigenvalue weighted by Gasteiger charge is 2.27. The monoisotopic (exact) mass is 290 g/mol. The molecular formula is C15H18N2O2S. The predicted molar refractivity (Wildman–Crippen MR) is 81.2 cm³/mol. The fraction of sp³-hybridized carbons (Fsp3) is 0.467. The lowest BCUT2D eigenvalue weighted by molar-refractivity contribution is -0.148. The summed E-state index contributed by atoms with van der Waals surface area (Å²) in [7, 11) is 0. The Morgan fingerprint density at radius 2 is 2.25 bits per heavy atom. The molecule has 1 aliphatic heterocycles. The van der Waals surface area contributed by atoms with E-state index in [0.29, 0.717) is 6.61 Å². The van der Waals surface area contributed by atoms with Gasteiger partial charge >= 0.3 is 5.97 Å². The largest absolute Gasteiger partial charge is 0.466 e. The van der Waals surface area contributed by atoms with Crippen molar-refractivity contribution in [2.45, 2.75) is 19.8 Å². The van der Waals surface area contributed by atoms with Crippen molar-refractivity contribution in [1.82, 2.24) is 4.98 Å². The van der Waals surface area contributed by atoms with Gasteiger partial charge in [0, 0.05) is 29.4 Å². The number of nitrogens with zero attached hydrogens (tertiary/aromatic N) is 2. The van der Waals surface area contributed by atoms with Crippen LogP contribution in [-0.2, 0) is 9.53 Å². The Bertz CT molecular complexity index is 603. The van der Waals surface area contributed by atoms with E-state index in [1.807, 2.05) is 13.1 Å². The second kappa shape index (κ2) is 5.79. The molecule has 5 heteroatoms. The van der Waals surface area contributed by atoms with Crippen molar-refractivity contribution < 1.29 is 9.53 Å². The zero-order valence-corrected chi connectivity index (χ0v) is 12.4. The van der Waals surface area contributed by atoms with Crippen molar-refractivity contribution in [1.29, 1.82) is 0 Å². The maximum Gasteiger partial charge on any atom is 0.309 e.